The molecule has 0 saturated carbocycles. The summed E-state index contributed by atoms with van der Waals surface area (Å²) in [5.41, 5.74) is 7.35. The molecule has 2 aromatic rings. The molecule has 11 nitrogen and oxygen atoms in total. The second-order valence-electron chi connectivity index (χ2n) is 8.28. The molecule has 0 radical (unpaired) electrons. The Morgan fingerprint density at radius 2 is 2.06 bits per heavy atom. The normalized spacial score (nSPS) is 22.1. The number of urea groups is 1. The molecule has 3 rings (SSSR count). The number of hydrogen-bond acceptors (Lipinski definition) is 8. The molecule has 190 valence electrons. The molecular formula is C23H32ClN7O4. The Labute approximate surface area is 209 Å². The van der Waals surface area contributed by atoms with Crippen LogP contribution in [-0.4, -0.2) is 81.9 Å². The van der Waals surface area contributed by atoms with Crippen LogP contribution in [-0.2, 0) is 11.3 Å². The van der Waals surface area contributed by atoms with Crippen molar-refractivity contribution in [3.05, 3.63) is 53.5 Å². The molecular weight excluding hydrogens is 474 g/mol. The van der Waals surface area contributed by atoms with Crippen LogP contribution in [0.5, 0.6) is 0 Å². The highest BCUT2D eigenvalue weighted by Crippen LogP contribution is 2.35. The number of benzene rings is 1. The Bertz CT molecular complexity index is 1040. The number of aromatic nitrogens is 2. The van der Waals surface area contributed by atoms with Crippen LogP contribution in [0.3, 0.4) is 0 Å². The van der Waals surface area contributed by atoms with Gasteiger partial charge in [-0.25, -0.2) is 14.8 Å². The first-order valence-corrected chi connectivity index (χ1v) is 11.6. The van der Waals surface area contributed by atoms with E-state index in [2.05, 4.69) is 27.2 Å². The van der Waals surface area contributed by atoms with Gasteiger partial charge in [-0.15, -0.1) is 0 Å². The number of ether oxygens (including phenoxy) is 1. The van der Waals surface area contributed by atoms with Crippen LogP contribution in [0.2, 0.25) is 5.02 Å². The lowest BCUT2D eigenvalue weighted by Gasteiger charge is -2.23. The van der Waals surface area contributed by atoms with Gasteiger partial charge in [-0.2, -0.15) is 0 Å². The number of rotatable bonds is 10. The molecule has 1 aliphatic rings. The van der Waals surface area contributed by atoms with Crippen molar-refractivity contribution >= 4 is 35.4 Å². The number of aliphatic hydroxyl groups excluding tert-OH is 2. The fourth-order valence-corrected chi connectivity index (χ4v) is 3.86. The molecule has 6 N–H and O–H groups in total. The lowest BCUT2D eigenvalue weighted by atomic mass is 10.1. The van der Waals surface area contributed by atoms with Crippen LogP contribution >= 0.6 is 11.6 Å². The SMILES string of the molecule is C=C(N)c1ncn([C@H]2O[C@H](CN(C)CCNC(=O)NCc3ccc(Cl)cc3)[C@@H](O)[C@H]2O)c1N=CC. The third kappa shape index (κ3) is 6.80. The van der Waals surface area contributed by atoms with Crippen molar-refractivity contribution in [3.63, 3.8) is 0 Å². The first-order valence-electron chi connectivity index (χ1n) is 11.2. The Hall–Kier alpha value is -2.96. The number of carbonyl (C=O) groups is 1. The van der Waals surface area contributed by atoms with Crippen molar-refractivity contribution in [2.45, 2.75) is 38.0 Å². The standard InChI is InChI=1S/C23H32ClN7O4/c1-4-26-21-18(14(2)25)29-13-31(21)22-20(33)19(32)17(35-22)12-30(3)10-9-27-23(34)28-11-15-5-7-16(24)8-6-15/h4-8,13,17,19-20,22,32-33H,2,9-12,25H2,1,3H3,(H2,27,28,34)/t17-,19-,20-,22+/m1/s1. The number of amides is 2. The molecule has 1 aromatic carbocycles. The fourth-order valence-electron chi connectivity index (χ4n) is 3.73. The van der Waals surface area contributed by atoms with E-state index in [1.54, 1.807) is 25.3 Å². The monoisotopic (exact) mass is 505 g/mol. The lowest BCUT2D eigenvalue weighted by molar-refractivity contribution is -0.0430. The molecule has 0 spiro atoms. The summed E-state index contributed by atoms with van der Waals surface area (Å²) >= 11 is 5.86. The van der Waals surface area contributed by atoms with E-state index in [-0.39, 0.29) is 11.7 Å². The molecule has 0 bridgehead atoms. The maximum atomic E-state index is 12.0. The molecule has 2 heterocycles. The van der Waals surface area contributed by atoms with Crippen LogP contribution in [0.1, 0.15) is 24.4 Å². The largest absolute Gasteiger partial charge is 0.397 e. The van der Waals surface area contributed by atoms with Crippen LogP contribution in [0, 0.1) is 0 Å². The molecule has 1 fully saturated rings. The number of halogens is 1. The number of nitrogens with two attached hydrogens (primary N) is 1. The quantitative estimate of drug-likeness (QED) is 0.305. The highest BCUT2D eigenvalue weighted by Gasteiger charge is 2.44. The van der Waals surface area contributed by atoms with Gasteiger partial charge in [-0.1, -0.05) is 30.3 Å². The van der Waals surface area contributed by atoms with Crippen molar-refractivity contribution < 1.29 is 19.7 Å². The summed E-state index contributed by atoms with van der Waals surface area (Å²) in [7, 11) is 1.84. The first kappa shape index (κ1) is 26.6. The lowest BCUT2D eigenvalue weighted by Crippen LogP contribution is -2.43. The summed E-state index contributed by atoms with van der Waals surface area (Å²) < 4.78 is 7.51. The zero-order chi connectivity index (χ0) is 25.5. The molecule has 1 aromatic heterocycles. The molecule has 35 heavy (non-hydrogen) atoms. The van der Waals surface area contributed by atoms with Crippen LogP contribution < -0.4 is 16.4 Å². The Kier molecular flexibility index (Phi) is 9.24. The summed E-state index contributed by atoms with van der Waals surface area (Å²) in [6.45, 7) is 7.05. The van der Waals surface area contributed by atoms with Crippen molar-refractivity contribution in [1.82, 2.24) is 25.1 Å². The van der Waals surface area contributed by atoms with E-state index in [4.69, 9.17) is 22.1 Å². The maximum Gasteiger partial charge on any atom is 0.315 e. The minimum atomic E-state index is -1.19. The van der Waals surface area contributed by atoms with E-state index >= 15 is 0 Å². The zero-order valence-electron chi connectivity index (χ0n) is 19.8. The Morgan fingerprint density at radius 3 is 2.71 bits per heavy atom. The molecule has 4 atom stereocenters. The number of hydrogen-bond donors (Lipinski definition) is 5. The van der Waals surface area contributed by atoms with E-state index in [0.29, 0.717) is 42.7 Å². The minimum Gasteiger partial charge on any atom is -0.397 e. The fraction of sp³-hybridized carbons (Fsp3) is 0.435. The van der Waals surface area contributed by atoms with E-state index in [1.165, 1.54) is 10.9 Å². The third-order valence-corrected chi connectivity index (χ3v) is 5.82. The van der Waals surface area contributed by atoms with Gasteiger partial charge in [0.15, 0.2) is 12.0 Å². The van der Waals surface area contributed by atoms with Gasteiger partial charge in [-0.05, 0) is 31.7 Å². The average Bonchev–Trinajstić information content (AvgIpc) is 3.35. The number of nitrogens with zero attached hydrogens (tertiary/aromatic N) is 4. The summed E-state index contributed by atoms with van der Waals surface area (Å²) in [5.74, 6) is 0.388. The van der Waals surface area contributed by atoms with Crippen LogP contribution in [0.15, 0.2) is 42.2 Å². The van der Waals surface area contributed by atoms with Gasteiger partial charge in [-0.3, -0.25) is 4.57 Å². The van der Waals surface area contributed by atoms with Crippen molar-refractivity contribution in [2.24, 2.45) is 10.7 Å². The van der Waals surface area contributed by atoms with Gasteiger partial charge in [0.05, 0.1) is 12.0 Å². The summed E-state index contributed by atoms with van der Waals surface area (Å²) in [5, 5.41) is 27.4. The third-order valence-electron chi connectivity index (χ3n) is 5.57. The van der Waals surface area contributed by atoms with Crippen molar-refractivity contribution in [2.75, 3.05) is 26.7 Å². The zero-order valence-corrected chi connectivity index (χ0v) is 20.5. The topological polar surface area (TPSA) is 150 Å². The number of likely N-dealkylation sites (N-methyl/N-ethyl adjacent to an activating group) is 1. The van der Waals surface area contributed by atoms with Gasteiger partial charge in [0, 0.05) is 37.4 Å². The predicted octanol–water partition coefficient (Wildman–Crippen LogP) is 1.24. The molecule has 0 aliphatic carbocycles. The van der Waals surface area contributed by atoms with E-state index in [1.807, 2.05) is 24.1 Å². The number of nitrogens with one attached hydrogen (secondary N) is 2. The average molecular weight is 506 g/mol. The van der Waals surface area contributed by atoms with Gasteiger partial charge in [0.1, 0.15) is 24.0 Å². The van der Waals surface area contributed by atoms with E-state index in [0.717, 1.165) is 5.56 Å². The molecule has 1 aliphatic heterocycles. The second kappa shape index (κ2) is 12.1. The first-order chi connectivity index (χ1) is 16.7. The van der Waals surface area contributed by atoms with Gasteiger partial charge in [0.25, 0.3) is 0 Å². The smallest absolute Gasteiger partial charge is 0.315 e. The molecule has 0 unspecified atom stereocenters. The minimum absolute atomic E-state index is 0.235. The number of imidazole rings is 1. The number of carbonyl (C=O) groups excluding carboxylic acids is 1. The summed E-state index contributed by atoms with van der Waals surface area (Å²) in [4.78, 5) is 22.4. The van der Waals surface area contributed by atoms with Crippen LogP contribution in [0.25, 0.3) is 5.70 Å². The highest BCUT2D eigenvalue weighted by atomic mass is 35.5. The Balaban J connectivity index is 1.48. The van der Waals surface area contributed by atoms with E-state index < -0.39 is 24.5 Å². The summed E-state index contributed by atoms with van der Waals surface area (Å²) in [6, 6.07) is 6.94. The highest BCUT2D eigenvalue weighted by molar-refractivity contribution is 6.30. The van der Waals surface area contributed by atoms with Gasteiger partial charge < -0.3 is 36.2 Å². The van der Waals surface area contributed by atoms with Crippen molar-refractivity contribution in [3.8, 4) is 0 Å². The van der Waals surface area contributed by atoms with Gasteiger partial charge >= 0.3 is 6.03 Å². The molecule has 2 amide bonds. The molecule has 12 heteroatoms. The Morgan fingerprint density at radius 1 is 1.34 bits per heavy atom. The summed E-state index contributed by atoms with van der Waals surface area (Å²) in [6.07, 6.45) is -0.840. The number of aliphatic imine (C=N–C) groups is 1. The maximum absolute atomic E-state index is 12.0. The number of aliphatic hydroxyl groups is 2. The predicted molar refractivity (Wildman–Crippen MR) is 134 cm³/mol. The van der Waals surface area contributed by atoms with Gasteiger partial charge in [0.2, 0.25) is 0 Å². The molecule has 1 saturated heterocycles. The van der Waals surface area contributed by atoms with E-state index in [9.17, 15) is 15.0 Å². The van der Waals surface area contributed by atoms with Crippen molar-refractivity contribution in [1.29, 1.82) is 0 Å². The van der Waals surface area contributed by atoms with Crippen LogP contribution in [0.4, 0.5) is 10.6 Å². The second-order valence-corrected chi connectivity index (χ2v) is 8.72.